The minimum absolute atomic E-state index is 0.0560. The van der Waals surface area contributed by atoms with Crippen LogP contribution in [-0.4, -0.2) is 35.0 Å². The Morgan fingerprint density at radius 2 is 1.85 bits per heavy atom. The zero-order valence-electron chi connectivity index (χ0n) is 14.6. The second-order valence-corrected chi connectivity index (χ2v) is 6.56. The third kappa shape index (κ3) is 3.93. The maximum absolute atomic E-state index is 13.1. The SMILES string of the molecule is Cn1cccc1C(CNC(=O)c1ccccc1C(F)(F)F)N1CCCC1. The molecule has 1 atom stereocenters. The minimum atomic E-state index is -4.56. The molecule has 0 spiro atoms. The summed E-state index contributed by atoms with van der Waals surface area (Å²) in [5, 5.41) is 2.71. The van der Waals surface area contributed by atoms with Crippen molar-refractivity contribution in [1.82, 2.24) is 14.8 Å². The molecule has 7 heteroatoms. The number of hydrogen-bond donors (Lipinski definition) is 1. The van der Waals surface area contributed by atoms with Crippen LogP contribution in [0.15, 0.2) is 42.6 Å². The fraction of sp³-hybridized carbons (Fsp3) is 0.421. The molecule has 1 N–H and O–H groups in total. The van der Waals surface area contributed by atoms with E-state index in [4.69, 9.17) is 0 Å². The van der Waals surface area contributed by atoms with Crippen LogP contribution < -0.4 is 5.32 Å². The molecule has 0 saturated carbocycles. The summed E-state index contributed by atoms with van der Waals surface area (Å²) in [7, 11) is 1.93. The lowest BCUT2D eigenvalue weighted by Gasteiger charge is -2.28. The summed E-state index contributed by atoms with van der Waals surface area (Å²) < 4.78 is 41.4. The van der Waals surface area contributed by atoms with E-state index < -0.39 is 17.6 Å². The molecule has 1 aliphatic heterocycles. The molecule has 0 radical (unpaired) electrons. The maximum Gasteiger partial charge on any atom is 0.417 e. The van der Waals surface area contributed by atoms with E-state index in [0.717, 1.165) is 37.7 Å². The zero-order chi connectivity index (χ0) is 18.7. The molecule has 140 valence electrons. The standard InChI is InChI=1S/C19H22F3N3O/c1-24-10-6-9-16(24)17(25-11-4-5-12-25)13-23-18(26)14-7-2-3-8-15(14)19(20,21)22/h2-3,6-10,17H,4-5,11-13H2,1H3,(H,23,26). The van der Waals surface area contributed by atoms with Gasteiger partial charge in [-0.2, -0.15) is 13.2 Å². The number of rotatable bonds is 5. The first-order chi connectivity index (χ1) is 12.4. The van der Waals surface area contributed by atoms with Crippen molar-refractivity contribution in [3.8, 4) is 0 Å². The predicted octanol–water partition coefficient (Wildman–Crippen LogP) is 3.61. The summed E-state index contributed by atoms with van der Waals surface area (Å²) in [5.41, 5.74) is -0.211. The number of carbonyl (C=O) groups excluding carboxylic acids is 1. The molecule has 26 heavy (non-hydrogen) atoms. The third-order valence-corrected chi connectivity index (χ3v) is 4.84. The highest BCUT2D eigenvalue weighted by atomic mass is 19.4. The van der Waals surface area contributed by atoms with Crippen molar-refractivity contribution in [2.45, 2.75) is 25.1 Å². The van der Waals surface area contributed by atoms with Crippen molar-refractivity contribution in [3.05, 3.63) is 59.4 Å². The van der Waals surface area contributed by atoms with E-state index in [2.05, 4.69) is 10.2 Å². The van der Waals surface area contributed by atoms with Gasteiger partial charge >= 0.3 is 6.18 Å². The average molecular weight is 365 g/mol. The molecule has 0 aliphatic carbocycles. The number of alkyl halides is 3. The molecule has 1 aliphatic rings. The summed E-state index contributed by atoms with van der Waals surface area (Å²) in [6.07, 6.45) is -0.447. The largest absolute Gasteiger partial charge is 0.417 e. The number of benzene rings is 1. The van der Waals surface area contributed by atoms with Gasteiger partial charge in [-0.05, 0) is 50.2 Å². The summed E-state index contributed by atoms with van der Waals surface area (Å²) in [4.78, 5) is 14.7. The van der Waals surface area contributed by atoms with Gasteiger partial charge < -0.3 is 9.88 Å². The van der Waals surface area contributed by atoms with Gasteiger partial charge in [0.2, 0.25) is 0 Å². The van der Waals surface area contributed by atoms with Crippen LogP contribution in [0, 0.1) is 0 Å². The Bertz CT molecular complexity index is 763. The lowest BCUT2D eigenvalue weighted by molar-refractivity contribution is -0.137. The molecule has 0 bridgehead atoms. The molecule has 1 aromatic heterocycles. The molecule has 1 unspecified atom stereocenters. The Balaban J connectivity index is 1.78. The number of amides is 1. The first-order valence-corrected chi connectivity index (χ1v) is 8.67. The topological polar surface area (TPSA) is 37.3 Å². The molecule has 2 heterocycles. The van der Waals surface area contributed by atoms with Crippen LogP contribution in [0.4, 0.5) is 13.2 Å². The number of likely N-dealkylation sites (tertiary alicyclic amines) is 1. The third-order valence-electron chi connectivity index (χ3n) is 4.84. The number of hydrogen-bond acceptors (Lipinski definition) is 2. The Morgan fingerprint density at radius 3 is 2.46 bits per heavy atom. The van der Waals surface area contributed by atoms with E-state index in [-0.39, 0.29) is 18.2 Å². The van der Waals surface area contributed by atoms with Gasteiger partial charge in [0.25, 0.3) is 5.91 Å². The first kappa shape index (κ1) is 18.5. The quantitative estimate of drug-likeness (QED) is 0.879. The predicted molar refractivity (Wildman–Crippen MR) is 92.7 cm³/mol. The van der Waals surface area contributed by atoms with E-state index in [1.54, 1.807) is 0 Å². The highest BCUT2D eigenvalue weighted by Gasteiger charge is 2.35. The lowest BCUT2D eigenvalue weighted by atomic mass is 10.1. The van der Waals surface area contributed by atoms with E-state index in [1.165, 1.54) is 18.2 Å². The monoisotopic (exact) mass is 365 g/mol. The van der Waals surface area contributed by atoms with Crippen molar-refractivity contribution >= 4 is 5.91 Å². The van der Waals surface area contributed by atoms with E-state index >= 15 is 0 Å². The van der Waals surface area contributed by atoms with Crippen LogP contribution in [0.3, 0.4) is 0 Å². The van der Waals surface area contributed by atoms with E-state index in [9.17, 15) is 18.0 Å². The fourth-order valence-corrected chi connectivity index (χ4v) is 3.51. The van der Waals surface area contributed by atoms with Crippen molar-refractivity contribution in [2.75, 3.05) is 19.6 Å². The normalized spacial score (nSPS) is 16.6. The van der Waals surface area contributed by atoms with Crippen LogP contribution in [-0.2, 0) is 13.2 Å². The second-order valence-electron chi connectivity index (χ2n) is 6.56. The number of halogens is 3. The molecule has 1 amide bonds. The van der Waals surface area contributed by atoms with Gasteiger partial charge in [-0.15, -0.1) is 0 Å². The van der Waals surface area contributed by atoms with E-state index in [1.807, 2.05) is 29.9 Å². The van der Waals surface area contributed by atoms with Gasteiger partial charge in [-0.25, -0.2) is 0 Å². The first-order valence-electron chi connectivity index (χ1n) is 8.67. The molecule has 1 aromatic carbocycles. The van der Waals surface area contributed by atoms with Crippen molar-refractivity contribution in [1.29, 1.82) is 0 Å². The molecular weight excluding hydrogens is 343 g/mol. The number of nitrogens with zero attached hydrogens (tertiary/aromatic N) is 2. The number of nitrogens with one attached hydrogen (secondary N) is 1. The van der Waals surface area contributed by atoms with Gasteiger partial charge in [0.05, 0.1) is 17.2 Å². The van der Waals surface area contributed by atoms with Gasteiger partial charge in [0.15, 0.2) is 0 Å². The van der Waals surface area contributed by atoms with Crippen LogP contribution in [0.1, 0.15) is 40.5 Å². The molecule has 4 nitrogen and oxygen atoms in total. The molecular formula is C19H22F3N3O. The van der Waals surface area contributed by atoms with Gasteiger partial charge in [0.1, 0.15) is 0 Å². The number of aromatic nitrogens is 1. The highest BCUT2D eigenvalue weighted by molar-refractivity contribution is 5.95. The van der Waals surface area contributed by atoms with Gasteiger partial charge in [-0.1, -0.05) is 12.1 Å². The van der Waals surface area contributed by atoms with Crippen molar-refractivity contribution in [2.24, 2.45) is 7.05 Å². The van der Waals surface area contributed by atoms with Crippen molar-refractivity contribution in [3.63, 3.8) is 0 Å². The number of aryl methyl sites for hydroxylation is 1. The zero-order valence-corrected chi connectivity index (χ0v) is 14.6. The van der Waals surface area contributed by atoms with Gasteiger partial charge in [-0.3, -0.25) is 9.69 Å². The Hall–Kier alpha value is -2.28. The Morgan fingerprint density at radius 1 is 1.15 bits per heavy atom. The summed E-state index contributed by atoms with van der Waals surface area (Å²) in [5.74, 6) is -0.698. The second kappa shape index (κ2) is 7.53. The fourth-order valence-electron chi connectivity index (χ4n) is 3.51. The smallest absolute Gasteiger partial charge is 0.353 e. The minimum Gasteiger partial charge on any atom is -0.353 e. The number of carbonyl (C=O) groups is 1. The van der Waals surface area contributed by atoms with Gasteiger partial charge in [0, 0.05) is 25.5 Å². The van der Waals surface area contributed by atoms with Crippen LogP contribution in [0.25, 0.3) is 0 Å². The molecule has 3 rings (SSSR count). The average Bonchev–Trinajstić information content (AvgIpc) is 3.27. The molecule has 1 saturated heterocycles. The summed E-state index contributed by atoms with van der Waals surface area (Å²) >= 11 is 0. The molecule has 1 fully saturated rings. The van der Waals surface area contributed by atoms with E-state index in [0.29, 0.717) is 0 Å². The Kier molecular flexibility index (Phi) is 5.36. The lowest BCUT2D eigenvalue weighted by Crippen LogP contribution is -2.38. The summed E-state index contributed by atoms with van der Waals surface area (Å²) in [6.45, 7) is 2.11. The maximum atomic E-state index is 13.1. The highest BCUT2D eigenvalue weighted by Crippen LogP contribution is 2.32. The Labute approximate surface area is 150 Å². The summed E-state index contributed by atoms with van der Waals surface area (Å²) in [6, 6.07) is 8.74. The van der Waals surface area contributed by atoms with Crippen LogP contribution in [0.5, 0.6) is 0 Å². The van der Waals surface area contributed by atoms with Crippen LogP contribution >= 0.6 is 0 Å². The van der Waals surface area contributed by atoms with Crippen LogP contribution in [0.2, 0.25) is 0 Å². The molecule has 2 aromatic rings. The van der Waals surface area contributed by atoms with Crippen molar-refractivity contribution < 1.29 is 18.0 Å².